The van der Waals surface area contributed by atoms with Crippen LogP contribution in [0, 0.1) is 0 Å². The van der Waals surface area contributed by atoms with Crippen LogP contribution in [0.1, 0.15) is 0 Å². The quantitative estimate of drug-likeness (QED) is 0.497. The van der Waals surface area contributed by atoms with E-state index < -0.39 is 0 Å². The molecule has 0 spiro atoms. The Morgan fingerprint density at radius 2 is 1.19 bits per heavy atom. The lowest BCUT2D eigenvalue weighted by molar-refractivity contribution is -0.0271. The Labute approximate surface area is 157 Å². The van der Waals surface area contributed by atoms with Crippen LogP contribution in [0.2, 0.25) is 0 Å². The Morgan fingerprint density at radius 3 is 1.76 bits per heavy atom. The van der Waals surface area contributed by atoms with Gasteiger partial charge in [-0.3, -0.25) is 0 Å². The number of thioether (sulfide) groups is 8. The highest BCUT2D eigenvalue weighted by Gasteiger charge is 2.41. The SMILES string of the molecule is C1COC(C2SC3=C(SC(=C4SC5=C(SCS5)S4)S3)S2)O1. The number of hydrogen-bond donors (Lipinski definition) is 0. The second kappa shape index (κ2) is 6.34. The lowest BCUT2D eigenvalue weighted by Gasteiger charge is -2.17. The molecule has 5 aliphatic heterocycles. The molecule has 0 aliphatic carbocycles. The van der Waals surface area contributed by atoms with Gasteiger partial charge in [-0.15, -0.1) is 23.5 Å². The second-order valence-corrected chi connectivity index (χ2v) is 14.8. The first-order valence-corrected chi connectivity index (χ1v) is 13.1. The molecule has 1 saturated heterocycles. The lowest BCUT2D eigenvalue weighted by atomic mass is 10.7. The molecule has 0 amide bonds. The van der Waals surface area contributed by atoms with Crippen molar-refractivity contribution in [2.75, 3.05) is 18.3 Å². The van der Waals surface area contributed by atoms with Gasteiger partial charge in [0.15, 0.2) is 6.29 Å². The maximum Gasteiger partial charge on any atom is 0.179 e. The van der Waals surface area contributed by atoms with Crippen molar-refractivity contribution in [3.8, 4) is 0 Å². The fourth-order valence-corrected chi connectivity index (χ4v) is 15.6. The smallest absolute Gasteiger partial charge is 0.179 e. The van der Waals surface area contributed by atoms with E-state index in [1.165, 1.54) is 30.5 Å². The highest BCUT2D eigenvalue weighted by Crippen LogP contribution is 2.71. The van der Waals surface area contributed by atoms with E-state index in [1.807, 2.05) is 94.1 Å². The summed E-state index contributed by atoms with van der Waals surface area (Å²) in [5, 5.41) is 1.19. The van der Waals surface area contributed by atoms with Gasteiger partial charge in [-0.25, -0.2) is 0 Å². The number of rotatable bonds is 1. The van der Waals surface area contributed by atoms with Crippen LogP contribution in [0.25, 0.3) is 0 Å². The fraction of sp³-hybridized carbons (Fsp3) is 0.455. The molecule has 0 atom stereocenters. The summed E-state index contributed by atoms with van der Waals surface area (Å²) in [5.41, 5.74) is 0. The molecule has 0 radical (unpaired) electrons. The average Bonchev–Trinajstić information content (AvgIpc) is 3.23. The predicted octanol–water partition coefficient (Wildman–Crippen LogP) is 5.94. The third-order valence-corrected chi connectivity index (χ3v) is 15.1. The van der Waals surface area contributed by atoms with Gasteiger partial charge in [-0.2, -0.15) is 0 Å². The molecule has 21 heavy (non-hydrogen) atoms. The summed E-state index contributed by atoms with van der Waals surface area (Å²) in [7, 11) is 0. The second-order valence-electron chi connectivity index (χ2n) is 4.25. The van der Waals surface area contributed by atoms with Crippen molar-refractivity contribution in [2.45, 2.75) is 10.9 Å². The topological polar surface area (TPSA) is 18.5 Å². The highest BCUT2D eigenvalue weighted by atomic mass is 32.3. The summed E-state index contributed by atoms with van der Waals surface area (Å²) in [5.74, 6) is 0. The zero-order valence-electron chi connectivity index (χ0n) is 10.4. The van der Waals surface area contributed by atoms with Gasteiger partial charge < -0.3 is 9.47 Å². The first-order valence-electron chi connectivity index (χ1n) is 6.13. The van der Waals surface area contributed by atoms with Crippen LogP contribution in [0.5, 0.6) is 0 Å². The maximum atomic E-state index is 5.64. The van der Waals surface area contributed by atoms with Crippen LogP contribution in [0.4, 0.5) is 0 Å². The van der Waals surface area contributed by atoms with Crippen molar-refractivity contribution < 1.29 is 9.47 Å². The summed E-state index contributed by atoms with van der Waals surface area (Å²) >= 11 is 15.7. The van der Waals surface area contributed by atoms with Crippen LogP contribution in [-0.2, 0) is 9.47 Å². The highest BCUT2D eigenvalue weighted by molar-refractivity contribution is 8.49. The van der Waals surface area contributed by atoms with Crippen molar-refractivity contribution >= 4 is 94.1 Å². The molecule has 5 rings (SSSR count). The molecule has 0 N–H and O–H groups in total. The monoisotopic (exact) mass is 428 g/mol. The van der Waals surface area contributed by atoms with Crippen molar-refractivity contribution in [1.29, 1.82) is 0 Å². The molecule has 10 heteroatoms. The molecule has 5 aliphatic rings. The molecule has 112 valence electrons. The molecule has 0 bridgehead atoms. The number of ether oxygens (including phenoxy) is 2. The van der Waals surface area contributed by atoms with Gasteiger partial charge in [0, 0.05) is 5.08 Å². The van der Waals surface area contributed by atoms with Crippen molar-refractivity contribution in [1.82, 2.24) is 0 Å². The Hall–Kier alpha value is 1.94. The minimum atomic E-state index is -0.0311. The molecule has 0 saturated carbocycles. The Kier molecular flexibility index (Phi) is 4.60. The van der Waals surface area contributed by atoms with E-state index in [-0.39, 0.29) is 6.29 Å². The van der Waals surface area contributed by atoms with E-state index >= 15 is 0 Å². The van der Waals surface area contributed by atoms with E-state index in [4.69, 9.17) is 9.47 Å². The third-order valence-electron chi connectivity index (χ3n) is 2.94. The molecule has 5 heterocycles. The van der Waals surface area contributed by atoms with E-state index in [2.05, 4.69) is 0 Å². The number of hydrogen-bond acceptors (Lipinski definition) is 10. The summed E-state index contributed by atoms with van der Waals surface area (Å²) in [4.78, 5) is 0. The minimum absolute atomic E-state index is 0.0311. The molecule has 0 unspecified atom stereocenters. The van der Waals surface area contributed by atoms with E-state index in [0.717, 1.165) is 13.2 Å². The zero-order valence-corrected chi connectivity index (χ0v) is 16.9. The first-order chi connectivity index (χ1) is 10.4. The van der Waals surface area contributed by atoms with Gasteiger partial charge >= 0.3 is 0 Å². The van der Waals surface area contributed by atoms with Crippen LogP contribution in [-0.4, -0.2) is 29.2 Å². The molecular weight excluding hydrogens is 421 g/mol. The molecule has 0 aromatic rings. The predicted molar refractivity (Wildman–Crippen MR) is 106 cm³/mol. The first kappa shape index (κ1) is 15.2. The fourth-order valence-electron chi connectivity index (χ4n) is 2.05. The van der Waals surface area contributed by atoms with Gasteiger partial charge in [-0.1, -0.05) is 70.6 Å². The summed E-state index contributed by atoms with van der Waals surface area (Å²) in [6, 6.07) is 0. The molecule has 0 aromatic heterocycles. The van der Waals surface area contributed by atoms with Crippen LogP contribution >= 0.6 is 94.1 Å². The van der Waals surface area contributed by atoms with Crippen molar-refractivity contribution in [3.05, 3.63) is 25.4 Å². The minimum Gasteiger partial charge on any atom is -0.348 e. The van der Waals surface area contributed by atoms with E-state index in [9.17, 15) is 0 Å². The zero-order chi connectivity index (χ0) is 13.8. The van der Waals surface area contributed by atoms with Crippen LogP contribution < -0.4 is 0 Å². The van der Waals surface area contributed by atoms with Crippen LogP contribution in [0.3, 0.4) is 0 Å². The summed E-state index contributed by atoms with van der Waals surface area (Å²) in [6.07, 6.45) is -0.0311. The Morgan fingerprint density at radius 1 is 0.667 bits per heavy atom. The molecule has 2 nitrogen and oxygen atoms in total. The molecular formula is C11H8O2S8. The van der Waals surface area contributed by atoms with Gasteiger partial charge in [0.05, 0.1) is 38.6 Å². The Bertz CT molecular complexity index is 553. The molecule has 0 aromatic carbocycles. The van der Waals surface area contributed by atoms with Gasteiger partial charge in [0.25, 0.3) is 0 Å². The summed E-state index contributed by atoms with van der Waals surface area (Å²) < 4.78 is 20.5. The maximum absolute atomic E-state index is 5.64. The van der Waals surface area contributed by atoms with Crippen LogP contribution in [0.15, 0.2) is 25.4 Å². The Balaban J connectivity index is 1.26. The molecule has 1 fully saturated rings. The average molecular weight is 429 g/mol. The normalized spacial score (nSPS) is 30.3. The van der Waals surface area contributed by atoms with Gasteiger partial charge in [0.1, 0.15) is 4.58 Å². The third kappa shape index (κ3) is 2.89. The van der Waals surface area contributed by atoms with Crippen molar-refractivity contribution in [3.63, 3.8) is 0 Å². The van der Waals surface area contributed by atoms with E-state index in [0.29, 0.717) is 4.58 Å². The van der Waals surface area contributed by atoms with Gasteiger partial charge in [-0.05, 0) is 0 Å². The largest absolute Gasteiger partial charge is 0.348 e. The van der Waals surface area contributed by atoms with E-state index in [1.54, 1.807) is 0 Å². The lowest BCUT2D eigenvalue weighted by Crippen LogP contribution is -2.19. The summed E-state index contributed by atoms with van der Waals surface area (Å²) in [6.45, 7) is 1.48. The standard InChI is InChI=1S/C11H8O2S8/c1-2-13-4(12-1)5-16-8-9(17-5)21-11(20-8)10-18-6-7(19-10)15-3-14-6/h4-5H,1-3H2. The van der Waals surface area contributed by atoms with Gasteiger partial charge in [0.2, 0.25) is 0 Å². The van der Waals surface area contributed by atoms with Crippen molar-refractivity contribution in [2.24, 2.45) is 0 Å².